The lowest BCUT2D eigenvalue weighted by Gasteiger charge is -2.31. The summed E-state index contributed by atoms with van der Waals surface area (Å²) in [7, 11) is 0. The van der Waals surface area contributed by atoms with Gasteiger partial charge in [-0.05, 0) is 32.4 Å². The Kier molecular flexibility index (Phi) is 5.50. The Hall–Kier alpha value is -1.24. The largest absolute Gasteiger partial charge is 0.361 e. The van der Waals surface area contributed by atoms with E-state index in [9.17, 15) is 10.1 Å². The highest BCUT2D eigenvalue weighted by molar-refractivity contribution is 7.99. The highest BCUT2D eigenvalue weighted by Gasteiger charge is 2.30. The number of anilines is 1. The molecule has 0 amide bonds. The van der Waals surface area contributed by atoms with E-state index in [4.69, 9.17) is 0 Å². The van der Waals surface area contributed by atoms with Crippen LogP contribution in [0.3, 0.4) is 0 Å². The van der Waals surface area contributed by atoms with Gasteiger partial charge in [0.05, 0.1) is 4.92 Å². The van der Waals surface area contributed by atoms with Gasteiger partial charge in [-0.25, -0.2) is 4.68 Å². The molecule has 2 atom stereocenters. The van der Waals surface area contributed by atoms with Gasteiger partial charge in [0.1, 0.15) is 5.69 Å². The van der Waals surface area contributed by atoms with Gasteiger partial charge in [-0.1, -0.05) is 19.8 Å². The van der Waals surface area contributed by atoms with Crippen LogP contribution in [0.1, 0.15) is 44.7 Å². The SMILES string of the molecule is CCCn1nc(C)c([N+](=O)[O-])c1NC1CCCCC1SC. The molecule has 1 N–H and O–H groups in total. The van der Waals surface area contributed by atoms with Crippen molar-refractivity contribution in [1.29, 1.82) is 0 Å². The minimum absolute atomic E-state index is 0.133. The number of nitro groups is 1. The summed E-state index contributed by atoms with van der Waals surface area (Å²) in [5, 5.41) is 19.7. The molecule has 2 unspecified atom stereocenters. The van der Waals surface area contributed by atoms with Crippen molar-refractivity contribution in [3.05, 3.63) is 15.8 Å². The number of aromatic nitrogens is 2. The fourth-order valence-corrected chi connectivity index (χ4v) is 3.96. The molecule has 0 aromatic carbocycles. The average Bonchev–Trinajstić information content (AvgIpc) is 2.76. The molecule has 21 heavy (non-hydrogen) atoms. The van der Waals surface area contributed by atoms with Crippen LogP contribution in [0, 0.1) is 17.0 Å². The second-order valence-electron chi connectivity index (χ2n) is 5.57. The van der Waals surface area contributed by atoms with Crippen LogP contribution >= 0.6 is 11.8 Å². The van der Waals surface area contributed by atoms with Crippen LogP contribution in [0.4, 0.5) is 11.5 Å². The summed E-state index contributed by atoms with van der Waals surface area (Å²) in [4.78, 5) is 11.0. The average molecular weight is 312 g/mol. The first-order valence-corrected chi connectivity index (χ1v) is 8.88. The minimum atomic E-state index is -0.312. The molecule has 1 heterocycles. The first kappa shape index (κ1) is 16.1. The molecule has 0 radical (unpaired) electrons. The van der Waals surface area contributed by atoms with Crippen LogP contribution in [0.25, 0.3) is 0 Å². The van der Waals surface area contributed by atoms with Crippen LogP contribution in [-0.2, 0) is 6.54 Å². The van der Waals surface area contributed by atoms with Crippen molar-refractivity contribution in [2.75, 3.05) is 11.6 Å². The van der Waals surface area contributed by atoms with E-state index in [2.05, 4.69) is 23.6 Å². The van der Waals surface area contributed by atoms with Crippen LogP contribution in [0.5, 0.6) is 0 Å². The van der Waals surface area contributed by atoms with Gasteiger partial charge >= 0.3 is 5.69 Å². The van der Waals surface area contributed by atoms with Crippen molar-refractivity contribution in [3.63, 3.8) is 0 Å². The lowest BCUT2D eigenvalue weighted by Crippen LogP contribution is -2.35. The van der Waals surface area contributed by atoms with Crippen LogP contribution in [0.2, 0.25) is 0 Å². The van der Waals surface area contributed by atoms with Crippen molar-refractivity contribution in [1.82, 2.24) is 9.78 Å². The van der Waals surface area contributed by atoms with Crippen LogP contribution in [-0.4, -0.2) is 32.3 Å². The summed E-state index contributed by atoms with van der Waals surface area (Å²) < 4.78 is 1.76. The zero-order chi connectivity index (χ0) is 15.4. The number of aryl methyl sites for hydroxylation is 2. The number of rotatable bonds is 6. The van der Waals surface area contributed by atoms with E-state index >= 15 is 0 Å². The number of hydrogen-bond donors (Lipinski definition) is 1. The molecule has 1 fully saturated rings. The molecule has 118 valence electrons. The van der Waals surface area contributed by atoms with E-state index in [1.807, 2.05) is 11.8 Å². The summed E-state index contributed by atoms with van der Waals surface area (Å²) in [6.45, 7) is 4.47. The predicted molar refractivity (Wildman–Crippen MR) is 87.1 cm³/mol. The molecule has 1 saturated carbocycles. The third kappa shape index (κ3) is 3.51. The molecule has 1 aliphatic carbocycles. The van der Waals surface area contributed by atoms with Crippen molar-refractivity contribution >= 4 is 23.3 Å². The monoisotopic (exact) mass is 312 g/mol. The third-order valence-electron chi connectivity index (χ3n) is 4.04. The molecule has 1 aromatic rings. The molecule has 7 heteroatoms. The maximum absolute atomic E-state index is 11.4. The highest BCUT2D eigenvalue weighted by Crippen LogP contribution is 2.34. The third-order valence-corrected chi connectivity index (χ3v) is 5.21. The van der Waals surface area contributed by atoms with Crippen molar-refractivity contribution in [3.8, 4) is 0 Å². The summed E-state index contributed by atoms with van der Waals surface area (Å²) in [5.41, 5.74) is 0.626. The topological polar surface area (TPSA) is 73.0 Å². The minimum Gasteiger partial charge on any atom is -0.361 e. The Bertz CT molecular complexity index is 503. The Labute approximate surface area is 129 Å². The summed E-state index contributed by atoms with van der Waals surface area (Å²) in [6, 6.07) is 0.291. The van der Waals surface area contributed by atoms with Gasteiger partial charge in [-0.2, -0.15) is 16.9 Å². The van der Waals surface area contributed by atoms with Gasteiger partial charge in [0.25, 0.3) is 0 Å². The molecule has 1 aromatic heterocycles. The van der Waals surface area contributed by atoms with Crippen molar-refractivity contribution in [2.24, 2.45) is 0 Å². The lowest BCUT2D eigenvalue weighted by atomic mass is 9.95. The van der Waals surface area contributed by atoms with Crippen LogP contribution in [0.15, 0.2) is 0 Å². The van der Waals surface area contributed by atoms with Gasteiger partial charge in [-0.15, -0.1) is 0 Å². The van der Waals surface area contributed by atoms with E-state index in [-0.39, 0.29) is 10.6 Å². The second kappa shape index (κ2) is 7.15. The quantitative estimate of drug-likeness (QED) is 0.642. The van der Waals surface area contributed by atoms with Crippen molar-refractivity contribution in [2.45, 2.75) is 63.8 Å². The molecule has 1 aliphatic rings. The zero-order valence-electron chi connectivity index (χ0n) is 13.0. The van der Waals surface area contributed by atoms with Gasteiger partial charge in [0.15, 0.2) is 0 Å². The fourth-order valence-electron chi connectivity index (χ4n) is 3.03. The highest BCUT2D eigenvalue weighted by atomic mass is 32.2. The summed E-state index contributed by atoms with van der Waals surface area (Å²) >= 11 is 1.85. The first-order valence-electron chi connectivity index (χ1n) is 7.59. The lowest BCUT2D eigenvalue weighted by molar-refractivity contribution is -0.384. The summed E-state index contributed by atoms with van der Waals surface area (Å²) in [6.07, 6.45) is 7.70. The van der Waals surface area contributed by atoms with Crippen LogP contribution < -0.4 is 5.32 Å². The molecule has 0 bridgehead atoms. The Morgan fingerprint density at radius 3 is 2.81 bits per heavy atom. The van der Waals surface area contributed by atoms with E-state index in [1.165, 1.54) is 19.3 Å². The van der Waals surface area contributed by atoms with Gasteiger partial charge in [-0.3, -0.25) is 10.1 Å². The van der Waals surface area contributed by atoms with Gasteiger partial charge in [0, 0.05) is 17.8 Å². The van der Waals surface area contributed by atoms with E-state index in [0.717, 1.165) is 12.8 Å². The maximum atomic E-state index is 11.4. The van der Waals surface area contributed by atoms with E-state index in [1.54, 1.807) is 11.6 Å². The predicted octanol–water partition coefficient (Wildman–Crippen LogP) is 3.60. The molecule has 6 nitrogen and oxygen atoms in total. The Morgan fingerprint density at radius 1 is 1.48 bits per heavy atom. The second-order valence-corrected chi connectivity index (χ2v) is 6.65. The van der Waals surface area contributed by atoms with E-state index < -0.39 is 0 Å². The number of thioether (sulfide) groups is 1. The number of nitrogens with zero attached hydrogens (tertiary/aromatic N) is 3. The first-order chi connectivity index (χ1) is 10.1. The molecule has 0 spiro atoms. The molecule has 0 aliphatic heterocycles. The molecular weight excluding hydrogens is 288 g/mol. The normalized spacial score (nSPS) is 22.2. The Balaban J connectivity index is 2.30. The van der Waals surface area contributed by atoms with Gasteiger partial charge < -0.3 is 5.32 Å². The molecular formula is C14H24N4O2S. The number of nitrogens with one attached hydrogen (secondary N) is 1. The Morgan fingerprint density at radius 2 is 2.19 bits per heavy atom. The number of hydrogen-bond acceptors (Lipinski definition) is 5. The smallest absolute Gasteiger partial charge is 0.333 e. The fraction of sp³-hybridized carbons (Fsp3) is 0.786. The zero-order valence-corrected chi connectivity index (χ0v) is 13.8. The van der Waals surface area contributed by atoms with E-state index in [0.29, 0.717) is 29.3 Å². The van der Waals surface area contributed by atoms with Gasteiger partial charge in [0.2, 0.25) is 5.82 Å². The van der Waals surface area contributed by atoms with Crippen molar-refractivity contribution < 1.29 is 4.92 Å². The summed E-state index contributed by atoms with van der Waals surface area (Å²) in [5.74, 6) is 0.588. The molecule has 2 rings (SSSR count). The maximum Gasteiger partial charge on any atom is 0.333 e. The standard InChI is InChI=1S/C14H24N4O2S/c1-4-9-17-14(13(18(19)20)10(2)16-17)15-11-7-5-6-8-12(11)21-3/h11-12,15H,4-9H2,1-3H3. The molecule has 0 saturated heterocycles.